The molecule has 0 saturated heterocycles. The third-order valence-electron chi connectivity index (χ3n) is 1.46. The second-order valence-electron chi connectivity index (χ2n) is 2.49. The molecule has 70 valence electrons. The summed E-state index contributed by atoms with van der Waals surface area (Å²) in [4.78, 5) is 11.8. The fourth-order valence-corrected chi connectivity index (χ4v) is 1.20. The van der Waals surface area contributed by atoms with E-state index in [4.69, 9.17) is 4.74 Å². The highest BCUT2D eigenvalue weighted by Gasteiger charge is 1.97. The number of halogens is 1. The fourth-order valence-electron chi connectivity index (χ4n) is 0.881. The number of ether oxygens (including phenoxy) is 1. The third kappa shape index (κ3) is 2.38. The molecule has 2 aromatic rings. The average Bonchev–Trinajstić information content (AvgIpc) is 2.23. The maximum absolute atomic E-state index is 5.39. The molecule has 5 heteroatoms. The van der Waals surface area contributed by atoms with Crippen LogP contribution in [-0.2, 0) is 0 Å². The molecule has 0 aliphatic carbocycles. The molecule has 0 spiro atoms. The minimum absolute atomic E-state index is 0.542. The van der Waals surface area contributed by atoms with Crippen LogP contribution in [0, 0.1) is 3.57 Å². The zero-order valence-corrected chi connectivity index (χ0v) is 9.25. The van der Waals surface area contributed by atoms with Gasteiger partial charge in [-0.15, -0.1) is 0 Å². The lowest BCUT2D eigenvalue weighted by Crippen LogP contribution is -1.89. The highest BCUT2D eigenvalue weighted by Crippen LogP contribution is 2.16. The Bertz CT molecular complexity index is 404. The van der Waals surface area contributed by atoms with Crippen molar-refractivity contribution in [2.45, 2.75) is 0 Å². The summed E-state index contributed by atoms with van der Waals surface area (Å²) in [6.45, 7) is 0. The van der Waals surface area contributed by atoms with E-state index in [0.717, 1.165) is 3.57 Å². The second-order valence-corrected chi connectivity index (χ2v) is 3.74. The van der Waals surface area contributed by atoms with Crippen LogP contribution < -0.4 is 4.74 Å². The summed E-state index contributed by atoms with van der Waals surface area (Å²) in [5.74, 6) is 1.13. The number of hydrogen-bond donors (Lipinski definition) is 0. The molecule has 0 fully saturated rings. The molecule has 14 heavy (non-hydrogen) atoms. The molecular weight excluding hydrogens is 293 g/mol. The lowest BCUT2D eigenvalue weighted by atomic mass is 10.5. The Balaban J connectivity index is 2.16. The normalized spacial score (nSPS) is 9.79. The van der Waals surface area contributed by atoms with Crippen LogP contribution in [0.2, 0.25) is 0 Å². The van der Waals surface area contributed by atoms with Gasteiger partial charge < -0.3 is 4.74 Å². The van der Waals surface area contributed by atoms with E-state index in [1.54, 1.807) is 24.7 Å². The van der Waals surface area contributed by atoms with Crippen LogP contribution in [0.4, 0.5) is 0 Å². The predicted octanol–water partition coefficient (Wildman–Crippen LogP) is 2.27. The van der Waals surface area contributed by atoms with Gasteiger partial charge in [-0.3, -0.25) is 0 Å². The quantitative estimate of drug-likeness (QED) is 0.798. The van der Waals surface area contributed by atoms with Crippen molar-refractivity contribution in [1.29, 1.82) is 0 Å². The van der Waals surface area contributed by atoms with Gasteiger partial charge >= 0.3 is 0 Å². The van der Waals surface area contributed by atoms with Gasteiger partial charge in [-0.05, 0) is 28.7 Å². The Hall–Kier alpha value is -1.24. The Labute approximate surface area is 94.5 Å². The van der Waals surface area contributed by atoms with Crippen molar-refractivity contribution in [2.75, 3.05) is 0 Å². The van der Waals surface area contributed by atoms with Crippen LogP contribution >= 0.6 is 22.6 Å². The van der Waals surface area contributed by atoms with Crippen molar-refractivity contribution in [3.63, 3.8) is 0 Å². The van der Waals surface area contributed by atoms with Gasteiger partial charge in [0.05, 0.1) is 12.4 Å². The first-order chi connectivity index (χ1) is 6.84. The SMILES string of the molecule is Ic1ccc(Oc2cncnc2)nc1. The zero-order chi connectivity index (χ0) is 9.80. The molecule has 0 N–H and O–H groups in total. The summed E-state index contributed by atoms with van der Waals surface area (Å²) in [6, 6.07) is 3.72. The van der Waals surface area contributed by atoms with Gasteiger partial charge in [0.15, 0.2) is 5.75 Å². The van der Waals surface area contributed by atoms with E-state index in [0.29, 0.717) is 11.6 Å². The molecule has 2 aromatic heterocycles. The first-order valence-corrected chi connectivity index (χ1v) is 4.97. The Morgan fingerprint density at radius 2 is 1.86 bits per heavy atom. The maximum Gasteiger partial charge on any atom is 0.219 e. The molecule has 2 rings (SSSR count). The molecule has 0 radical (unpaired) electrons. The van der Waals surface area contributed by atoms with E-state index >= 15 is 0 Å². The van der Waals surface area contributed by atoms with Crippen LogP contribution in [0.25, 0.3) is 0 Å². The van der Waals surface area contributed by atoms with Crippen LogP contribution in [0.1, 0.15) is 0 Å². The molecule has 0 atom stereocenters. The lowest BCUT2D eigenvalue weighted by Gasteiger charge is -2.02. The van der Waals surface area contributed by atoms with Crippen LogP contribution in [0.15, 0.2) is 37.1 Å². The average molecular weight is 299 g/mol. The summed E-state index contributed by atoms with van der Waals surface area (Å²) >= 11 is 2.18. The second kappa shape index (κ2) is 4.32. The molecule has 0 aliphatic rings. The minimum Gasteiger partial charge on any atom is -0.436 e. The van der Waals surface area contributed by atoms with Gasteiger partial charge in [-0.2, -0.15) is 0 Å². The summed E-state index contributed by atoms with van der Waals surface area (Å²) in [6.07, 6.45) is 6.37. The summed E-state index contributed by atoms with van der Waals surface area (Å²) < 4.78 is 6.46. The molecule has 4 nitrogen and oxygen atoms in total. The number of pyridine rings is 1. The fraction of sp³-hybridized carbons (Fsp3) is 0. The van der Waals surface area contributed by atoms with E-state index < -0.39 is 0 Å². The van der Waals surface area contributed by atoms with E-state index in [9.17, 15) is 0 Å². The van der Waals surface area contributed by atoms with E-state index in [-0.39, 0.29) is 0 Å². The van der Waals surface area contributed by atoms with E-state index in [1.165, 1.54) is 6.33 Å². The molecular formula is C9H6IN3O. The van der Waals surface area contributed by atoms with Gasteiger partial charge in [-0.25, -0.2) is 15.0 Å². The topological polar surface area (TPSA) is 47.9 Å². The van der Waals surface area contributed by atoms with Crippen molar-refractivity contribution < 1.29 is 4.74 Å². The van der Waals surface area contributed by atoms with Gasteiger partial charge in [0.2, 0.25) is 5.88 Å². The lowest BCUT2D eigenvalue weighted by molar-refractivity contribution is 0.458. The Morgan fingerprint density at radius 1 is 1.07 bits per heavy atom. The first-order valence-electron chi connectivity index (χ1n) is 3.89. The molecule has 0 bridgehead atoms. The molecule has 0 unspecified atom stereocenters. The largest absolute Gasteiger partial charge is 0.436 e. The minimum atomic E-state index is 0.542. The summed E-state index contributed by atoms with van der Waals surface area (Å²) in [5.41, 5.74) is 0. The molecule has 0 aromatic carbocycles. The molecule has 0 aliphatic heterocycles. The van der Waals surface area contributed by atoms with Gasteiger partial charge in [0.1, 0.15) is 6.33 Å². The van der Waals surface area contributed by atoms with Crippen LogP contribution in [0.3, 0.4) is 0 Å². The highest BCUT2D eigenvalue weighted by molar-refractivity contribution is 14.1. The Morgan fingerprint density at radius 3 is 2.50 bits per heavy atom. The van der Waals surface area contributed by atoms with Gasteiger partial charge in [-0.1, -0.05) is 0 Å². The standard InChI is InChI=1S/C9H6IN3O/c10-7-1-2-9(13-3-7)14-8-4-11-6-12-5-8/h1-6H. The van der Waals surface area contributed by atoms with E-state index in [2.05, 4.69) is 37.5 Å². The summed E-state index contributed by atoms with van der Waals surface area (Å²) in [5, 5.41) is 0. The zero-order valence-electron chi connectivity index (χ0n) is 7.09. The Kier molecular flexibility index (Phi) is 2.87. The highest BCUT2D eigenvalue weighted by atomic mass is 127. The van der Waals surface area contributed by atoms with Crippen LogP contribution in [0.5, 0.6) is 11.6 Å². The number of aromatic nitrogens is 3. The number of hydrogen-bond acceptors (Lipinski definition) is 4. The first kappa shape index (κ1) is 9.32. The molecule has 0 saturated carbocycles. The monoisotopic (exact) mass is 299 g/mol. The van der Waals surface area contributed by atoms with Gasteiger partial charge in [0.25, 0.3) is 0 Å². The van der Waals surface area contributed by atoms with Crippen molar-refractivity contribution in [3.8, 4) is 11.6 Å². The predicted molar refractivity (Wildman–Crippen MR) is 59.1 cm³/mol. The molecule has 2 heterocycles. The smallest absolute Gasteiger partial charge is 0.219 e. The number of rotatable bonds is 2. The van der Waals surface area contributed by atoms with Crippen molar-refractivity contribution >= 4 is 22.6 Å². The molecule has 0 amide bonds. The number of nitrogens with zero attached hydrogens (tertiary/aromatic N) is 3. The van der Waals surface area contributed by atoms with Gasteiger partial charge in [0, 0.05) is 15.8 Å². The summed E-state index contributed by atoms with van der Waals surface area (Å²) in [7, 11) is 0. The van der Waals surface area contributed by atoms with Crippen LogP contribution in [-0.4, -0.2) is 15.0 Å². The van der Waals surface area contributed by atoms with Crippen molar-refractivity contribution in [1.82, 2.24) is 15.0 Å². The van der Waals surface area contributed by atoms with Crippen molar-refractivity contribution in [2.24, 2.45) is 0 Å². The van der Waals surface area contributed by atoms with E-state index in [1.807, 2.05) is 6.07 Å². The van der Waals surface area contributed by atoms with Crippen molar-refractivity contribution in [3.05, 3.63) is 40.6 Å². The maximum atomic E-state index is 5.39. The third-order valence-corrected chi connectivity index (χ3v) is 2.10.